The summed E-state index contributed by atoms with van der Waals surface area (Å²) in [6.07, 6.45) is 7.54. The SMILES string of the molecule is CCCCCC1COC(C2CCC(C3CCC(C(F)(F)Oc4ccc(-c5ccc(OC(F)F)c(F)c5)c(F)c4)CC3)CC2)OC1. The highest BCUT2D eigenvalue weighted by molar-refractivity contribution is 5.66. The van der Waals surface area contributed by atoms with E-state index in [0.29, 0.717) is 49.4 Å². The number of halogens is 6. The van der Waals surface area contributed by atoms with Crippen LogP contribution in [0.25, 0.3) is 11.1 Å². The minimum absolute atomic E-state index is 0.0440. The van der Waals surface area contributed by atoms with Crippen molar-refractivity contribution in [2.45, 2.75) is 103 Å². The lowest BCUT2D eigenvalue weighted by atomic mass is 9.69. The van der Waals surface area contributed by atoms with E-state index in [0.717, 1.165) is 63.5 Å². The summed E-state index contributed by atoms with van der Waals surface area (Å²) in [6, 6.07) is 6.25. The van der Waals surface area contributed by atoms with E-state index in [2.05, 4.69) is 11.7 Å². The van der Waals surface area contributed by atoms with Crippen LogP contribution in [0.15, 0.2) is 36.4 Å². The van der Waals surface area contributed by atoms with Crippen molar-refractivity contribution >= 4 is 0 Å². The van der Waals surface area contributed by atoms with Gasteiger partial charge in [-0.2, -0.15) is 17.6 Å². The van der Waals surface area contributed by atoms with Crippen molar-refractivity contribution in [3.05, 3.63) is 48.0 Å². The molecule has 2 aliphatic carbocycles. The Balaban J connectivity index is 1.07. The molecule has 45 heavy (non-hydrogen) atoms. The first-order valence-corrected chi connectivity index (χ1v) is 16.5. The Morgan fingerprint density at radius 2 is 1.44 bits per heavy atom. The summed E-state index contributed by atoms with van der Waals surface area (Å²) in [4.78, 5) is 0. The second-order valence-electron chi connectivity index (χ2n) is 13.0. The first-order chi connectivity index (χ1) is 21.6. The van der Waals surface area contributed by atoms with Gasteiger partial charge >= 0.3 is 12.7 Å². The Labute approximate surface area is 261 Å². The lowest BCUT2D eigenvalue weighted by molar-refractivity contribution is -0.232. The van der Waals surface area contributed by atoms with Gasteiger partial charge in [-0.05, 0) is 99.5 Å². The molecule has 3 aliphatic rings. The number of hydrogen-bond donors (Lipinski definition) is 0. The number of hydrogen-bond acceptors (Lipinski definition) is 4. The predicted molar refractivity (Wildman–Crippen MR) is 158 cm³/mol. The zero-order valence-electron chi connectivity index (χ0n) is 25.8. The van der Waals surface area contributed by atoms with Crippen LogP contribution >= 0.6 is 0 Å². The molecule has 0 bridgehead atoms. The smallest absolute Gasteiger partial charge is 0.400 e. The van der Waals surface area contributed by atoms with Crippen molar-refractivity contribution in [2.24, 2.45) is 29.6 Å². The van der Waals surface area contributed by atoms with E-state index in [4.69, 9.17) is 14.2 Å². The van der Waals surface area contributed by atoms with E-state index in [9.17, 15) is 17.6 Å². The molecule has 1 heterocycles. The van der Waals surface area contributed by atoms with Crippen LogP contribution in [0.2, 0.25) is 0 Å². The van der Waals surface area contributed by atoms with E-state index < -0.39 is 36.0 Å². The van der Waals surface area contributed by atoms with Gasteiger partial charge in [-0.1, -0.05) is 32.3 Å². The molecule has 2 aromatic rings. The normalized spacial score (nSPS) is 27.8. The Hall–Kier alpha value is -2.46. The average Bonchev–Trinajstić information content (AvgIpc) is 3.02. The fraction of sp³-hybridized carbons (Fsp3) is 0.657. The summed E-state index contributed by atoms with van der Waals surface area (Å²) < 4.78 is 105. The number of alkyl halides is 4. The highest BCUT2D eigenvalue weighted by atomic mass is 19.3. The summed E-state index contributed by atoms with van der Waals surface area (Å²) in [6.45, 7) is 0.556. The molecule has 250 valence electrons. The van der Waals surface area contributed by atoms with Crippen molar-refractivity contribution in [2.75, 3.05) is 13.2 Å². The molecule has 0 unspecified atom stereocenters. The lowest BCUT2D eigenvalue weighted by Gasteiger charge is -2.41. The molecular formula is C35H44F6O4. The zero-order chi connectivity index (χ0) is 32.0. The van der Waals surface area contributed by atoms with Crippen LogP contribution in [-0.4, -0.2) is 32.2 Å². The van der Waals surface area contributed by atoms with Crippen LogP contribution < -0.4 is 9.47 Å². The van der Waals surface area contributed by atoms with E-state index in [1.165, 1.54) is 37.5 Å². The van der Waals surface area contributed by atoms with Crippen LogP contribution in [0, 0.1) is 41.2 Å². The number of benzene rings is 2. The summed E-state index contributed by atoms with van der Waals surface area (Å²) in [7, 11) is 0. The summed E-state index contributed by atoms with van der Waals surface area (Å²) in [5, 5.41) is 0. The van der Waals surface area contributed by atoms with Crippen molar-refractivity contribution in [1.29, 1.82) is 0 Å². The van der Waals surface area contributed by atoms with Crippen LogP contribution in [0.1, 0.15) is 84.0 Å². The molecule has 2 saturated carbocycles. The molecule has 0 spiro atoms. The summed E-state index contributed by atoms with van der Waals surface area (Å²) in [5.74, 6) is -2.16. The van der Waals surface area contributed by atoms with E-state index in [-0.39, 0.29) is 23.2 Å². The van der Waals surface area contributed by atoms with Crippen molar-refractivity contribution in [1.82, 2.24) is 0 Å². The predicted octanol–water partition coefficient (Wildman–Crippen LogP) is 10.4. The van der Waals surface area contributed by atoms with Gasteiger partial charge in [0.25, 0.3) is 0 Å². The van der Waals surface area contributed by atoms with Gasteiger partial charge in [0.1, 0.15) is 11.6 Å². The number of rotatable bonds is 12. The first kappa shape index (κ1) is 33.9. The van der Waals surface area contributed by atoms with Gasteiger partial charge in [0.2, 0.25) is 0 Å². The molecule has 1 saturated heterocycles. The van der Waals surface area contributed by atoms with Gasteiger partial charge < -0.3 is 18.9 Å². The molecule has 4 nitrogen and oxygen atoms in total. The molecular weight excluding hydrogens is 598 g/mol. The van der Waals surface area contributed by atoms with E-state index in [1.54, 1.807) is 0 Å². The highest BCUT2D eigenvalue weighted by Gasteiger charge is 2.45. The molecule has 0 N–H and O–H groups in total. The zero-order valence-corrected chi connectivity index (χ0v) is 25.8. The maximum absolute atomic E-state index is 15.2. The van der Waals surface area contributed by atoms with Crippen molar-refractivity contribution < 1.29 is 45.3 Å². The number of unbranched alkanes of at least 4 members (excludes halogenated alkanes) is 2. The number of ether oxygens (including phenoxy) is 4. The van der Waals surface area contributed by atoms with Crippen LogP contribution in [0.3, 0.4) is 0 Å². The minimum atomic E-state index is -3.47. The topological polar surface area (TPSA) is 36.9 Å². The summed E-state index contributed by atoms with van der Waals surface area (Å²) in [5.41, 5.74) is -0.0425. The molecule has 10 heteroatoms. The molecule has 1 aliphatic heterocycles. The van der Waals surface area contributed by atoms with Crippen molar-refractivity contribution in [3.8, 4) is 22.6 Å². The molecule has 5 rings (SSSR count). The standard InChI is InChI=1S/C35H44F6O4/c1-2-3-4-5-22-20-42-33(43-21-22)25-8-6-23(7-9-25)24-10-13-27(14-11-24)35(40,41)45-28-15-16-29(30(36)19-28)26-12-17-32(31(37)18-26)44-34(38)39/h12,15-19,22-25,27,33-34H,2-11,13-14,20-21H2,1H3. The third-order valence-corrected chi connectivity index (χ3v) is 9.98. The third-order valence-electron chi connectivity index (χ3n) is 9.98. The van der Waals surface area contributed by atoms with Gasteiger partial charge in [-0.15, -0.1) is 0 Å². The quantitative estimate of drug-likeness (QED) is 0.171. The van der Waals surface area contributed by atoms with Gasteiger partial charge in [0.15, 0.2) is 17.9 Å². The van der Waals surface area contributed by atoms with Crippen LogP contribution in [0.5, 0.6) is 11.5 Å². The van der Waals surface area contributed by atoms with Gasteiger partial charge in [0, 0.05) is 23.5 Å². The fourth-order valence-corrected chi connectivity index (χ4v) is 7.39. The third kappa shape index (κ3) is 8.88. The average molecular weight is 643 g/mol. The van der Waals surface area contributed by atoms with Crippen LogP contribution in [0.4, 0.5) is 26.3 Å². The lowest BCUT2D eigenvalue weighted by Crippen LogP contribution is -2.40. The molecule has 2 aromatic carbocycles. The molecule has 0 radical (unpaired) electrons. The Kier molecular flexibility index (Phi) is 11.6. The van der Waals surface area contributed by atoms with Crippen LogP contribution in [-0.2, 0) is 9.47 Å². The Morgan fingerprint density at radius 3 is 2.04 bits per heavy atom. The monoisotopic (exact) mass is 642 g/mol. The maximum Gasteiger partial charge on any atom is 0.400 e. The van der Waals surface area contributed by atoms with Gasteiger partial charge in [-0.3, -0.25) is 0 Å². The first-order valence-electron chi connectivity index (χ1n) is 16.5. The van der Waals surface area contributed by atoms with E-state index >= 15 is 8.78 Å². The highest BCUT2D eigenvalue weighted by Crippen LogP contribution is 2.46. The molecule has 0 aromatic heterocycles. The molecule has 0 atom stereocenters. The summed E-state index contributed by atoms with van der Waals surface area (Å²) >= 11 is 0. The Bertz CT molecular complexity index is 1220. The second kappa shape index (κ2) is 15.4. The van der Waals surface area contributed by atoms with Gasteiger partial charge in [0.05, 0.1) is 19.1 Å². The minimum Gasteiger partial charge on any atom is -0.432 e. The van der Waals surface area contributed by atoms with Gasteiger partial charge in [-0.25, -0.2) is 8.78 Å². The Morgan fingerprint density at radius 1 is 0.800 bits per heavy atom. The fourth-order valence-electron chi connectivity index (χ4n) is 7.39. The van der Waals surface area contributed by atoms with E-state index in [1.807, 2.05) is 0 Å². The largest absolute Gasteiger partial charge is 0.432 e. The molecule has 3 fully saturated rings. The maximum atomic E-state index is 15.2. The van der Waals surface area contributed by atoms with Crippen molar-refractivity contribution in [3.63, 3.8) is 0 Å². The molecule has 0 amide bonds. The second-order valence-corrected chi connectivity index (χ2v) is 13.0.